The van der Waals surface area contributed by atoms with Gasteiger partial charge < -0.3 is 50.0 Å². The second-order valence-electron chi connectivity index (χ2n) is 46.8. The summed E-state index contributed by atoms with van der Waals surface area (Å²) in [5.74, 6) is 4.54. The molecule has 8 saturated carbocycles. The molecule has 2 aliphatic heterocycles. The molecule has 0 amide bonds. The van der Waals surface area contributed by atoms with Crippen molar-refractivity contribution in [3.63, 3.8) is 0 Å². The number of benzene rings is 2. The van der Waals surface area contributed by atoms with Gasteiger partial charge in [0.1, 0.15) is 0 Å². The number of aromatic nitrogens is 1. The Hall–Kier alpha value is -4.71. The van der Waals surface area contributed by atoms with Gasteiger partial charge in [0.15, 0.2) is 19.7 Å². The molecule has 2 saturated heterocycles. The number of hydrogen-bond acceptors (Lipinski definition) is 20. The second kappa shape index (κ2) is 37.0. The molecule has 20 atom stereocenters. The van der Waals surface area contributed by atoms with Crippen LogP contribution in [-0.4, -0.2) is 212 Å². The van der Waals surface area contributed by atoms with Gasteiger partial charge in [0, 0.05) is 92.8 Å². The van der Waals surface area contributed by atoms with Gasteiger partial charge in [-0.25, -0.2) is 26.4 Å². The molecule has 2 unspecified atom stereocenters. The molecular formula is C103H160F3N5O15S3. The van der Waals surface area contributed by atoms with E-state index in [1.165, 1.54) is 111 Å². The van der Waals surface area contributed by atoms with E-state index >= 15 is 0 Å². The normalized spacial score (nSPS) is 36.5. The zero-order valence-electron chi connectivity index (χ0n) is 82.3. The lowest BCUT2D eigenvalue weighted by molar-refractivity contribution is -0.227. The predicted molar refractivity (Wildman–Crippen MR) is 506 cm³/mol. The van der Waals surface area contributed by atoms with Gasteiger partial charge in [-0.1, -0.05) is 147 Å². The van der Waals surface area contributed by atoms with Crippen LogP contribution in [-0.2, 0) is 59.0 Å². The number of allylic oxidation sites excluding steroid dienone is 4. The van der Waals surface area contributed by atoms with Gasteiger partial charge >= 0.3 is 27.6 Å². The Morgan fingerprint density at radius 2 is 0.868 bits per heavy atom. The maximum atomic E-state index is 12.2. The summed E-state index contributed by atoms with van der Waals surface area (Å²) in [4.78, 5) is 33.7. The van der Waals surface area contributed by atoms with Crippen LogP contribution in [0.4, 0.5) is 13.2 Å². The summed E-state index contributed by atoms with van der Waals surface area (Å²) in [6.07, 6.45) is 25.4. The largest absolute Gasteiger partial charge is 0.523 e. The number of hydrogen-bond donors (Lipinski definition) is 5. The van der Waals surface area contributed by atoms with Crippen LogP contribution in [0.3, 0.4) is 0 Å². The fraction of sp³-hybridized carbons (Fsp3) is 0.777. The summed E-state index contributed by atoms with van der Waals surface area (Å²) >= 11 is 0. The van der Waals surface area contributed by atoms with Crippen molar-refractivity contribution < 1.29 is 81.7 Å². The van der Waals surface area contributed by atoms with Crippen LogP contribution in [0.2, 0.25) is 0 Å². The van der Waals surface area contributed by atoms with Crippen LogP contribution in [0.1, 0.15) is 289 Å². The number of carbonyl (C=O) groups is 2. The standard InChI is InChI=1S/C44H68N2O6S.C43H66N2O6S.C14H23N.C2H3F3O3S/c1-39(2)32(30-9-11-31(12-10-30)38(47)52-8)15-18-40(3)35(39)17-19-42(5)36(40)14-13-33-37-34(43(6,48)29-51-7)16-20-44(37,22-21-41(33,42)4)45-23-24-46-25-27-53(49,50)28-26-46;1-38(2)31(29-8-10-30(11-9-29)37(47)51-7)14-17-39(3)34(38)16-18-41(5)35(39)13-12-32-36-33(42(6,48)28-46)15-19-43(36,21-20-40(32,41)4)44-22-23-45-24-26-52(49,50)27-25-45;1-10-8-11(13(2,3)4)15-12(9-10)14(5,6)7;1-8-9(6,7)2(3,4)5/h9-12,15,33-37,45,48H,13-14,16-29H2,1-8H3;8-11,14,32-36,44,46,48H,12-13,15-28H2,1-7H3;8-9H,1-7H3;1H3/t33-,34-,35+,36-,37+,40+,41-,42-,43?,44+;32-,33-,34+,35-,36+,39+,40-,41-,42?,43+;;/m11../s1. The highest BCUT2D eigenvalue weighted by Crippen LogP contribution is 2.79. The highest BCUT2D eigenvalue weighted by Gasteiger charge is 2.74. The SMILES string of the molecule is COC(=O)c1ccc(C2=CC[C@]3(C)[C@H]4CC[C@@H]5[C@H]6[C@H](C(C)(O)CO)CC[C@]6(NCCN6CCS(=O)(=O)CC6)CC[C@@]5(C)[C@]4(C)CC[C@H]3C2(C)C)cc1.COCC(C)(O)[C@@H]1CC[C@]2(NCCN3CCS(=O)(=O)CC3)CC[C@]3(C)[C@H](CC[C@@H]4[C@@]5(C)CC=C(c6ccc(C(=O)OC)cc6)C(C)(C)[C@@H]5CC[C@]43C)[C@@H]12.COS(=O)(=O)C(F)(F)F.Cc1cc(C(C)(C)C)nc(C(C)(C)C)c1. The van der Waals surface area contributed by atoms with Crippen LogP contribution in [0.15, 0.2) is 72.8 Å². The van der Waals surface area contributed by atoms with E-state index in [2.05, 4.69) is 191 Å². The molecule has 12 aliphatic rings. The van der Waals surface area contributed by atoms with Gasteiger partial charge in [0.2, 0.25) is 0 Å². The number of rotatable bonds is 18. The summed E-state index contributed by atoms with van der Waals surface area (Å²) in [6, 6.07) is 20.4. The van der Waals surface area contributed by atoms with E-state index < -0.39 is 46.5 Å². The van der Waals surface area contributed by atoms with Crippen molar-refractivity contribution in [2.75, 3.05) is 117 Å². The maximum absolute atomic E-state index is 12.2. The van der Waals surface area contributed by atoms with E-state index in [-0.39, 0.29) is 125 Å². The lowest BCUT2D eigenvalue weighted by atomic mass is 9.32. The third kappa shape index (κ3) is 19.3. The number of pyridine rings is 1. The molecule has 0 spiro atoms. The van der Waals surface area contributed by atoms with Gasteiger partial charge in [-0.15, -0.1) is 0 Å². The Morgan fingerprint density at radius 1 is 0.504 bits per heavy atom. The fourth-order valence-corrected chi connectivity index (χ4v) is 32.9. The highest BCUT2D eigenvalue weighted by molar-refractivity contribution is 7.91. The van der Waals surface area contributed by atoms with Crippen molar-refractivity contribution >= 4 is 52.9 Å². The van der Waals surface area contributed by atoms with Crippen molar-refractivity contribution in [2.24, 2.45) is 102 Å². The minimum Gasteiger partial charge on any atom is -0.465 e. The van der Waals surface area contributed by atoms with E-state index in [9.17, 15) is 63.3 Å². The molecule has 10 fully saturated rings. The number of nitrogens with zero attached hydrogens (tertiary/aromatic N) is 3. The molecule has 5 N–H and O–H groups in total. The first-order valence-electron chi connectivity index (χ1n) is 48.2. The van der Waals surface area contributed by atoms with Crippen LogP contribution in [0.5, 0.6) is 0 Å². The predicted octanol–water partition coefficient (Wildman–Crippen LogP) is 17.8. The molecule has 1 aromatic heterocycles. The van der Waals surface area contributed by atoms with E-state index in [1.54, 1.807) is 7.11 Å². The van der Waals surface area contributed by atoms with Gasteiger partial charge in [-0.05, 0) is 303 Å². The molecule has 3 aromatic rings. The number of alkyl halides is 3. The number of carbonyl (C=O) groups excluding carboxylic acids is 2. The molecule has 0 radical (unpaired) electrons. The Kier molecular flexibility index (Phi) is 29.6. The fourth-order valence-electron chi connectivity index (χ4n) is 30.1. The first kappa shape index (κ1) is 103. The van der Waals surface area contributed by atoms with Crippen molar-refractivity contribution in [2.45, 2.75) is 286 Å². The second-order valence-corrected chi connectivity index (χ2v) is 53.2. The van der Waals surface area contributed by atoms with Crippen molar-refractivity contribution in [3.8, 4) is 0 Å². The minimum atomic E-state index is -5.34. The topological polar surface area (TPSA) is 278 Å². The average molecular weight is 1860 g/mol. The number of fused-ring (bicyclic) bond motifs is 14. The van der Waals surface area contributed by atoms with Crippen molar-refractivity contribution in [1.82, 2.24) is 25.4 Å². The van der Waals surface area contributed by atoms with Gasteiger partial charge in [-0.2, -0.15) is 21.6 Å². The minimum absolute atomic E-state index is 0.00154. The van der Waals surface area contributed by atoms with E-state index in [4.69, 9.17) is 19.2 Å². The smallest absolute Gasteiger partial charge is 0.465 e. The van der Waals surface area contributed by atoms with Crippen LogP contribution in [0, 0.1) is 109 Å². The number of ether oxygens (including phenoxy) is 3. The summed E-state index contributed by atoms with van der Waals surface area (Å²) < 4.78 is 120. The molecule has 10 aliphatic carbocycles. The van der Waals surface area contributed by atoms with Crippen molar-refractivity contribution in [1.29, 1.82) is 0 Å². The van der Waals surface area contributed by atoms with E-state index in [0.717, 1.165) is 84.0 Å². The van der Waals surface area contributed by atoms with Crippen LogP contribution < -0.4 is 10.6 Å². The first-order valence-corrected chi connectivity index (χ1v) is 53.3. The Bertz CT molecular complexity index is 4890. The molecule has 0 bridgehead atoms. The summed E-state index contributed by atoms with van der Waals surface area (Å²) in [6.45, 7) is 50.9. The third-order valence-corrected chi connectivity index (χ3v) is 41.5. The number of esters is 2. The lowest BCUT2D eigenvalue weighted by Gasteiger charge is -2.72. The summed E-state index contributed by atoms with van der Waals surface area (Å²) in [5, 5.41) is 42.7. The van der Waals surface area contributed by atoms with Gasteiger partial charge in [0.25, 0.3) is 0 Å². The van der Waals surface area contributed by atoms with Crippen LogP contribution in [0.25, 0.3) is 11.1 Å². The van der Waals surface area contributed by atoms with E-state index in [0.29, 0.717) is 92.4 Å². The van der Waals surface area contributed by atoms with Gasteiger partial charge in [-0.3, -0.25) is 9.17 Å². The van der Waals surface area contributed by atoms with Crippen molar-refractivity contribution in [3.05, 3.63) is 112 Å². The molecule has 129 heavy (non-hydrogen) atoms. The number of aryl methyl sites for hydroxylation is 1. The van der Waals surface area contributed by atoms with Crippen LogP contribution >= 0.6 is 0 Å². The number of sulfone groups is 2. The Morgan fingerprint density at radius 3 is 1.19 bits per heavy atom. The molecule has 726 valence electrons. The molecular weight excluding hydrogens is 1700 g/mol. The Labute approximate surface area is 772 Å². The highest BCUT2D eigenvalue weighted by atomic mass is 32.2. The van der Waals surface area contributed by atoms with Gasteiger partial charge in [0.05, 0.1) is 79.9 Å². The monoisotopic (exact) mass is 1860 g/mol. The lowest BCUT2D eigenvalue weighted by Crippen LogP contribution is -2.69. The zero-order valence-corrected chi connectivity index (χ0v) is 84.7. The zero-order chi connectivity index (χ0) is 95.3. The molecule has 2 aromatic carbocycles. The summed E-state index contributed by atoms with van der Waals surface area (Å²) in [7, 11) is -6.12. The Balaban J connectivity index is 0.000000186. The molecule has 26 heteroatoms. The number of nitrogens with one attached hydrogen (secondary N) is 2. The average Bonchev–Trinajstić information content (AvgIpc) is 1.66. The third-order valence-electron chi connectivity index (χ3n) is 37.3. The number of methoxy groups -OCH3 is 3. The van der Waals surface area contributed by atoms with E-state index in [1.807, 2.05) is 38.1 Å². The number of aliphatic hydroxyl groups is 3. The first-order chi connectivity index (χ1) is 59.7. The quantitative estimate of drug-likeness (QED) is 0.0449. The molecule has 20 nitrogen and oxygen atoms in total. The number of halogens is 3. The maximum Gasteiger partial charge on any atom is 0.523 e. The molecule has 15 rings (SSSR count). The molecule has 3 heterocycles. The summed E-state index contributed by atoms with van der Waals surface area (Å²) in [5.41, 5.74) is 3.88. The number of aliphatic hydroxyl groups excluding tert-OH is 1.